The third-order valence-electron chi connectivity index (χ3n) is 5.35. The van der Waals surface area contributed by atoms with Gasteiger partial charge in [-0.2, -0.15) is 0 Å². The number of aromatic nitrogens is 1. The molecule has 1 saturated heterocycles. The summed E-state index contributed by atoms with van der Waals surface area (Å²) in [6, 6.07) is 14.1. The van der Waals surface area contributed by atoms with Gasteiger partial charge in [0.05, 0.1) is 6.54 Å². The van der Waals surface area contributed by atoms with Crippen LogP contribution in [0.5, 0.6) is 5.88 Å². The molecular weight excluding hydrogens is 503 g/mol. The van der Waals surface area contributed by atoms with Crippen LogP contribution in [0.1, 0.15) is 37.3 Å². The summed E-state index contributed by atoms with van der Waals surface area (Å²) in [5.41, 5.74) is 2.21. The van der Waals surface area contributed by atoms with Crippen molar-refractivity contribution >= 4 is 29.9 Å². The van der Waals surface area contributed by atoms with Gasteiger partial charge < -0.3 is 19.7 Å². The van der Waals surface area contributed by atoms with E-state index in [9.17, 15) is 0 Å². The van der Waals surface area contributed by atoms with Crippen molar-refractivity contribution in [2.75, 3.05) is 33.4 Å². The predicted molar refractivity (Wildman–Crippen MR) is 136 cm³/mol. The van der Waals surface area contributed by atoms with E-state index in [1.165, 1.54) is 19.3 Å². The molecule has 7 heteroatoms. The van der Waals surface area contributed by atoms with Crippen LogP contribution in [0.4, 0.5) is 0 Å². The summed E-state index contributed by atoms with van der Waals surface area (Å²) in [4.78, 5) is 11.4. The third-order valence-corrected chi connectivity index (χ3v) is 5.35. The number of rotatable bonds is 9. The van der Waals surface area contributed by atoms with E-state index in [0.717, 1.165) is 49.3 Å². The lowest BCUT2D eigenvalue weighted by molar-refractivity contribution is 0.0625. The Morgan fingerprint density at radius 3 is 2.71 bits per heavy atom. The number of halogens is 1. The van der Waals surface area contributed by atoms with Gasteiger partial charge in [0.15, 0.2) is 5.96 Å². The molecule has 0 aliphatic carbocycles. The maximum atomic E-state index is 5.84. The van der Waals surface area contributed by atoms with Gasteiger partial charge in [-0.05, 0) is 49.3 Å². The summed E-state index contributed by atoms with van der Waals surface area (Å²) in [6.07, 6.45) is 5.30. The largest absolute Gasteiger partial charge is 0.473 e. The molecule has 1 N–H and O–H groups in total. The quantitative estimate of drug-likeness (QED) is 0.290. The fraction of sp³-hybridized carbons (Fsp3) is 0.500. The molecule has 0 radical (unpaired) electrons. The molecule has 0 saturated carbocycles. The molecule has 1 fully saturated rings. The molecule has 0 atom stereocenters. The zero-order valence-corrected chi connectivity index (χ0v) is 21.0. The molecule has 6 nitrogen and oxygen atoms in total. The van der Waals surface area contributed by atoms with E-state index in [2.05, 4.69) is 29.2 Å². The number of pyridine rings is 1. The Labute approximate surface area is 203 Å². The topological polar surface area (TPSA) is 59.0 Å². The van der Waals surface area contributed by atoms with Gasteiger partial charge >= 0.3 is 0 Å². The second-order valence-corrected chi connectivity index (χ2v) is 7.71. The maximum Gasteiger partial charge on any atom is 0.213 e. The monoisotopic (exact) mass is 538 g/mol. The highest BCUT2D eigenvalue weighted by Crippen LogP contribution is 2.18. The van der Waals surface area contributed by atoms with Crippen molar-refractivity contribution in [3.63, 3.8) is 0 Å². The minimum atomic E-state index is 0. The number of benzene rings is 1. The number of hydrogen-bond acceptors (Lipinski definition) is 4. The van der Waals surface area contributed by atoms with Crippen molar-refractivity contribution in [1.82, 2.24) is 15.2 Å². The minimum absolute atomic E-state index is 0. The number of hydrogen-bond donors (Lipinski definition) is 1. The first-order valence-corrected chi connectivity index (χ1v) is 10.9. The zero-order valence-electron chi connectivity index (χ0n) is 18.6. The third kappa shape index (κ3) is 9.03. The van der Waals surface area contributed by atoms with Crippen molar-refractivity contribution in [1.29, 1.82) is 0 Å². The minimum Gasteiger partial charge on any atom is -0.473 e. The highest BCUT2D eigenvalue weighted by atomic mass is 127. The van der Waals surface area contributed by atoms with Crippen molar-refractivity contribution in [3.8, 4) is 5.88 Å². The summed E-state index contributed by atoms with van der Waals surface area (Å²) < 4.78 is 11.3. The second kappa shape index (κ2) is 14.2. The average Bonchev–Trinajstić information content (AvgIpc) is 2.80. The molecule has 0 bridgehead atoms. The molecule has 0 spiro atoms. The molecule has 3 rings (SSSR count). The van der Waals surface area contributed by atoms with Crippen molar-refractivity contribution < 1.29 is 9.47 Å². The van der Waals surface area contributed by atoms with E-state index in [1.807, 2.05) is 42.5 Å². The van der Waals surface area contributed by atoms with Crippen LogP contribution in [-0.4, -0.2) is 49.2 Å². The Kier molecular flexibility index (Phi) is 11.7. The van der Waals surface area contributed by atoms with Gasteiger partial charge in [0.25, 0.3) is 0 Å². The van der Waals surface area contributed by atoms with Gasteiger partial charge in [-0.15, -0.1) is 24.0 Å². The molecule has 1 aromatic heterocycles. The van der Waals surface area contributed by atoms with Crippen LogP contribution in [0, 0.1) is 5.92 Å². The fourth-order valence-electron chi connectivity index (χ4n) is 3.51. The summed E-state index contributed by atoms with van der Waals surface area (Å²) in [6.45, 7) is 6.86. The van der Waals surface area contributed by atoms with Gasteiger partial charge in [0, 0.05) is 45.6 Å². The van der Waals surface area contributed by atoms with Crippen molar-refractivity contribution in [3.05, 3.63) is 59.8 Å². The second-order valence-electron chi connectivity index (χ2n) is 7.71. The Hall–Kier alpha value is -1.87. The molecule has 2 heterocycles. The van der Waals surface area contributed by atoms with E-state index in [1.54, 1.807) is 6.20 Å². The number of nitrogens with one attached hydrogen (secondary N) is 1. The predicted octanol–water partition coefficient (Wildman–Crippen LogP) is 4.49. The normalized spacial score (nSPS) is 14.6. The standard InChI is InChI=1S/C24H34N4O2.HI/c1-3-25-24(28(2)14-10-20-11-15-29-16-12-20)27-18-22-9-13-26-23(17-22)30-19-21-7-5-4-6-8-21;/h4-9,13,17,20H,3,10-12,14-16,18-19H2,1-2H3,(H,25,27);1H. The van der Waals surface area contributed by atoms with Crippen LogP contribution in [0.25, 0.3) is 0 Å². The molecule has 31 heavy (non-hydrogen) atoms. The first kappa shape index (κ1) is 25.4. The highest BCUT2D eigenvalue weighted by Gasteiger charge is 2.15. The summed E-state index contributed by atoms with van der Waals surface area (Å²) in [5.74, 6) is 2.33. The van der Waals surface area contributed by atoms with Gasteiger partial charge in [-0.3, -0.25) is 0 Å². The molecular formula is C24H35IN4O2. The number of nitrogens with zero attached hydrogens (tertiary/aromatic N) is 3. The van der Waals surface area contributed by atoms with E-state index in [0.29, 0.717) is 19.0 Å². The molecule has 2 aromatic rings. The Morgan fingerprint density at radius 2 is 1.97 bits per heavy atom. The van der Waals surface area contributed by atoms with Crippen LogP contribution < -0.4 is 10.1 Å². The van der Waals surface area contributed by atoms with Crippen LogP contribution in [-0.2, 0) is 17.9 Å². The Bertz CT molecular complexity index is 782. The lowest BCUT2D eigenvalue weighted by atomic mass is 9.96. The smallest absolute Gasteiger partial charge is 0.213 e. The molecule has 1 aromatic carbocycles. The summed E-state index contributed by atoms with van der Waals surface area (Å²) in [5, 5.41) is 3.41. The zero-order chi connectivity index (χ0) is 21.0. The van der Waals surface area contributed by atoms with Crippen LogP contribution >= 0.6 is 24.0 Å². The van der Waals surface area contributed by atoms with Gasteiger partial charge in [0.1, 0.15) is 6.61 Å². The molecule has 0 unspecified atom stereocenters. The molecule has 170 valence electrons. The van der Waals surface area contributed by atoms with E-state index in [-0.39, 0.29) is 24.0 Å². The number of guanidine groups is 1. The number of ether oxygens (including phenoxy) is 2. The van der Waals surface area contributed by atoms with Gasteiger partial charge in [0.2, 0.25) is 5.88 Å². The Morgan fingerprint density at radius 1 is 1.19 bits per heavy atom. The lowest BCUT2D eigenvalue weighted by Gasteiger charge is -2.26. The van der Waals surface area contributed by atoms with E-state index in [4.69, 9.17) is 14.5 Å². The molecule has 0 amide bonds. The molecule has 1 aliphatic rings. The Balaban J connectivity index is 0.00000341. The first-order chi connectivity index (χ1) is 14.7. The summed E-state index contributed by atoms with van der Waals surface area (Å²) >= 11 is 0. The lowest BCUT2D eigenvalue weighted by Crippen LogP contribution is -2.40. The van der Waals surface area contributed by atoms with Crippen molar-refractivity contribution in [2.45, 2.75) is 39.3 Å². The highest BCUT2D eigenvalue weighted by molar-refractivity contribution is 14.0. The average molecular weight is 538 g/mol. The van der Waals surface area contributed by atoms with E-state index >= 15 is 0 Å². The maximum absolute atomic E-state index is 5.84. The summed E-state index contributed by atoms with van der Waals surface area (Å²) in [7, 11) is 2.11. The van der Waals surface area contributed by atoms with Crippen molar-refractivity contribution in [2.24, 2.45) is 10.9 Å². The van der Waals surface area contributed by atoms with Gasteiger partial charge in [-0.1, -0.05) is 30.3 Å². The SMILES string of the molecule is CCNC(=NCc1ccnc(OCc2ccccc2)c1)N(C)CCC1CCOCC1.I. The van der Waals surface area contributed by atoms with Gasteiger partial charge in [-0.25, -0.2) is 9.98 Å². The van der Waals surface area contributed by atoms with Crippen LogP contribution in [0.2, 0.25) is 0 Å². The number of aliphatic imine (C=N–C) groups is 1. The fourth-order valence-corrected chi connectivity index (χ4v) is 3.51. The first-order valence-electron chi connectivity index (χ1n) is 10.9. The molecule has 1 aliphatic heterocycles. The van der Waals surface area contributed by atoms with E-state index < -0.39 is 0 Å². The van der Waals surface area contributed by atoms with Crippen LogP contribution in [0.3, 0.4) is 0 Å². The van der Waals surface area contributed by atoms with Crippen LogP contribution in [0.15, 0.2) is 53.7 Å².